The molecule has 0 fully saturated rings. The molecule has 0 radical (unpaired) electrons. The van der Waals surface area contributed by atoms with Crippen LogP contribution in [0, 0.1) is 6.92 Å². The molecule has 0 aliphatic carbocycles. The normalized spacial score (nSPS) is 9.44. The number of thiocarbonyl (C=S) groups is 1. The second-order valence-electron chi connectivity index (χ2n) is 3.24. The van der Waals surface area contributed by atoms with Crippen LogP contribution in [0.2, 0.25) is 5.02 Å². The summed E-state index contributed by atoms with van der Waals surface area (Å²) in [5, 5.41) is 3.73. The number of carbonyl (C=O) groups excluding carboxylic acids is 1. The van der Waals surface area contributed by atoms with Crippen molar-refractivity contribution in [1.82, 2.24) is 10.9 Å². The van der Waals surface area contributed by atoms with Gasteiger partial charge in [-0.1, -0.05) is 17.7 Å². The number of carbonyl (C=O) groups is 1. The standard InChI is InChI=1S/C10H12ClN3OS/c1-6-3-4-8(11)9(5-6)12-10(16)14-13-7(2)15/h3-5H,1-2H3,(H,13,15)(H2,12,14,16). The zero-order valence-electron chi connectivity index (χ0n) is 8.93. The van der Waals surface area contributed by atoms with Crippen molar-refractivity contribution in [2.24, 2.45) is 0 Å². The lowest BCUT2D eigenvalue weighted by Gasteiger charge is -2.12. The first kappa shape index (κ1) is 12.7. The number of hydrogen-bond donors (Lipinski definition) is 3. The lowest BCUT2D eigenvalue weighted by molar-refractivity contribution is -0.119. The van der Waals surface area contributed by atoms with Crippen molar-refractivity contribution in [2.45, 2.75) is 13.8 Å². The Hall–Kier alpha value is -1.33. The van der Waals surface area contributed by atoms with E-state index in [1.54, 1.807) is 6.07 Å². The van der Waals surface area contributed by atoms with Crippen molar-refractivity contribution < 1.29 is 4.79 Å². The molecule has 0 heterocycles. The number of nitrogens with one attached hydrogen (secondary N) is 3. The SMILES string of the molecule is CC(=O)NNC(=S)Nc1cc(C)ccc1Cl. The highest BCUT2D eigenvalue weighted by Gasteiger charge is 2.02. The molecule has 0 aromatic heterocycles. The van der Waals surface area contributed by atoms with E-state index in [0.717, 1.165) is 5.56 Å². The molecule has 1 rings (SSSR count). The maximum absolute atomic E-state index is 10.6. The Bertz CT molecular complexity index is 423. The summed E-state index contributed by atoms with van der Waals surface area (Å²) in [4.78, 5) is 10.6. The molecule has 3 N–H and O–H groups in total. The predicted molar refractivity (Wildman–Crippen MR) is 69.4 cm³/mol. The highest BCUT2D eigenvalue weighted by Crippen LogP contribution is 2.22. The lowest BCUT2D eigenvalue weighted by atomic mass is 10.2. The zero-order chi connectivity index (χ0) is 12.1. The van der Waals surface area contributed by atoms with Crippen LogP contribution in [0.1, 0.15) is 12.5 Å². The van der Waals surface area contributed by atoms with Crippen LogP contribution in [0.3, 0.4) is 0 Å². The Balaban J connectivity index is 2.62. The molecule has 0 saturated heterocycles. The second-order valence-corrected chi connectivity index (χ2v) is 4.06. The monoisotopic (exact) mass is 257 g/mol. The molecule has 0 aliphatic heterocycles. The number of amides is 1. The smallest absolute Gasteiger partial charge is 0.235 e. The Labute approximate surface area is 104 Å². The van der Waals surface area contributed by atoms with Crippen molar-refractivity contribution in [3.05, 3.63) is 28.8 Å². The van der Waals surface area contributed by atoms with Gasteiger partial charge in [0, 0.05) is 6.92 Å². The molecule has 6 heteroatoms. The Kier molecular flexibility index (Phi) is 4.52. The summed E-state index contributed by atoms with van der Waals surface area (Å²) in [6.07, 6.45) is 0. The molecule has 1 aromatic rings. The molecule has 1 aromatic carbocycles. The quantitative estimate of drug-likeness (QED) is 0.532. The second kappa shape index (κ2) is 5.67. The fraction of sp³-hybridized carbons (Fsp3) is 0.200. The number of hydrogen-bond acceptors (Lipinski definition) is 2. The van der Waals surface area contributed by atoms with Crippen molar-refractivity contribution in [3.8, 4) is 0 Å². The third kappa shape index (κ3) is 4.04. The first-order chi connectivity index (χ1) is 7.49. The van der Waals surface area contributed by atoms with E-state index in [1.165, 1.54) is 6.92 Å². The van der Waals surface area contributed by atoms with Gasteiger partial charge in [0.15, 0.2) is 5.11 Å². The molecular formula is C10H12ClN3OS. The average Bonchev–Trinajstić information content (AvgIpc) is 2.20. The van der Waals surface area contributed by atoms with Gasteiger partial charge in [-0.05, 0) is 36.8 Å². The maximum atomic E-state index is 10.6. The molecule has 1 amide bonds. The summed E-state index contributed by atoms with van der Waals surface area (Å²) >= 11 is 10.9. The molecule has 0 atom stereocenters. The summed E-state index contributed by atoms with van der Waals surface area (Å²) in [6.45, 7) is 3.33. The molecule has 16 heavy (non-hydrogen) atoms. The third-order valence-corrected chi connectivity index (χ3v) is 2.26. The van der Waals surface area contributed by atoms with Crippen LogP contribution in [0.15, 0.2) is 18.2 Å². The van der Waals surface area contributed by atoms with E-state index in [2.05, 4.69) is 16.2 Å². The first-order valence-electron chi connectivity index (χ1n) is 4.59. The average molecular weight is 258 g/mol. The van der Waals surface area contributed by atoms with Crippen LogP contribution in [0.25, 0.3) is 0 Å². The van der Waals surface area contributed by atoms with Crippen molar-refractivity contribution in [1.29, 1.82) is 0 Å². The van der Waals surface area contributed by atoms with Gasteiger partial charge < -0.3 is 5.32 Å². The van der Waals surface area contributed by atoms with Crippen LogP contribution < -0.4 is 16.2 Å². The highest BCUT2D eigenvalue weighted by atomic mass is 35.5. The van der Waals surface area contributed by atoms with Crippen LogP contribution in [-0.4, -0.2) is 11.0 Å². The number of anilines is 1. The largest absolute Gasteiger partial charge is 0.330 e. The molecule has 0 bridgehead atoms. The summed E-state index contributed by atoms with van der Waals surface area (Å²) in [6, 6.07) is 5.54. The van der Waals surface area contributed by atoms with E-state index in [9.17, 15) is 4.79 Å². The molecular weight excluding hydrogens is 246 g/mol. The Morgan fingerprint density at radius 1 is 1.38 bits per heavy atom. The minimum atomic E-state index is -0.223. The Morgan fingerprint density at radius 3 is 2.69 bits per heavy atom. The zero-order valence-corrected chi connectivity index (χ0v) is 10.5. The van der Waals surface area contributed by atoms with Crippen LogP contribution in [0.4, 0.5) is 5.69 Å². The highest BCUT2D eigenvalue weighted by molar-refractivity contribution is 7.80. The lowest BCUT2D eigenvalue weighted by Crippen LogP contribution is -2.42. The molecule has 0 aliphatic rings. The number of aryl methyl sites for hydroxylation is 1. The Morgan fingerprint density at radius 2 is 2.06 bits per heavy atom. The minimum absolute atomic E-state index is 0.223. The molecule has 0 saturated carbocycles. The van der Waals surface area contributed by atoms with Gasteiger partial charge in [-0.3, -0.25) is 15.6 Å². The van der Waals surface area contributed by atoms with Crippen molar-refractivity contribution in [2.75, 3.05) is 5.32 Å². The van der Waals surface area contributed by atoms with Crippen molar-refractivity contribution >= 4 is 40.5 Å². The van der Waals surface area contributed by atoms with E-state index in [1.807, 2.05) is 19.1 Å². The van der Waals surface area contributed by atoms with Crippen molar-refractivity contribution in [3.63, 3.8) is 0 Å². The maximum Gasteiger partial charge on any atom is 0.235 e. The van der Waals surface area contributed by atoms with Crippen LogP contribution in [-0.2, 0) is 4.79 Å². The van der Waals surface area contributed by atoms with Gasteiger partial charge in [-0.25, -0.2) is 0 Å². The van der Waals surface area contributed by atoms with Crippen LogP contribution >= 0.6 is 23.8 Å². The molecule has 86 valence electrons. The van der Waals surface area contributed by atoms with E-state index < -0.39 is 0 Å². The van der Waals surface area contributed by atoms with E-state index in [-0.39, 0.29) is 11.0 Å². The first-order valence-corrected chi connectivity index (χ1v) is 5.37. The number of rotatable bonds is 1. The van der Waals surface area contributed by atoms with E-state index >= 15 is 0 Å². The summed E-state index contributed by atoms with van der Waals surface area (Å²) in [5.41, 5.74) is 6.67. The van der Waals surface area contributed by atoms with Gasteiger partial charge in [0.2, 0.25) is 5.91 Å². The van der Waals surface area contributed by atoms with Gasteiger partial charge in [-0.2, -0.15) is 0 Å². The van der Waals surface area contributed by atoms with E-state index in [4.69, 9.17) is 23.8 Å². The number of benzene rings is 1. The van der Waals surface area contributed by atoms with E-state index in [0.29, 0.717) is 10.7 Å². The fourth-order valence-electron chi connectivity index (χ4n) is 1.03. The fourth-order valence-corrected chi connectivity index (χ4v) is 1.36. The summed E-state index contributed by atoms with van der Waals surface area (Å²) in [7, 11) is 0. The van der Waals surface area contributed by atoms with Gasteiger partial charge >= 0.3 is 0 Å². The number of halogens is 1. The summed E-state index contributed by atoms with van der Waals surface area (Å²) < 4.78 is 0. The van der Waals surface area contributed by atoms with Gasteiger partial charge in [0.05, 0.1) is 10.7 Å². The van der Waals surface area contributed by atoms with Gasteiger partial charge in [0.25, 0.3) is 0 Å². The topological polar surface area (TPSA) is 53.2 Å². The number of hydrazine groups is 1. The van der Waals surface area contributed by atoms with Gasteiger partial charge in [-0.15, -0.1) is 0 Å². The predicted octanol–water partition coefficient (Wildman–Crippen LogP) is 1.99. The minimum Gasteiger partial charge on any atom is -0.330 e. The third-order valence-electron chi connectivity index (χ3n) is 1.72. The molecule has 0 unspecified atom stereocenters. The summed E-state index contributed by atoms with van der Waals surface area (Å²) in [5.74, 6) is -0.223. The van der Waals surface area contributed by atoms with Gasteiger partial charge in [0.1, 0.15) is 0 Å². The molecule has 0 spiro atoms. The van der Waals surface area contributed by atoms with Crippen LogP contribution in [0.5, 0.6) is 0 Å². The molecule has 4 nitrogen and oxygen atoms in total.